The minimum atomic E-state index is -0.451. The Hall–Kier alpha value is -3.30. The highest BCUT2D eigenvalue weighted by atomic mass is 35.5. The summed E-state index contributed by atoms with van der Waals surface area (Å²) >= 11 is 6.16. The van der Waals surface area contributed by atoms with Crippen LogP contribution in [0, 0.1) is 6.92 Å². The Kier molecular flexibility index (Phi) is 7.02. The van der Waals surface area contributed by atoms with Crippen molar-refractivity contribution in [3.05, 3.63) is 58.6 Å². The molecule has 0 saturated carbocycles. The molecule has 2 fully saturated rings. The number of amides is 2. The molecule has 188 valence electrons. The molecule has 9 nitrogen and oxygen atoms in total. The summed E-state index contributed by atoms with van der Waals surface area (Å²) in [6, 6.07) is 13.2. The zero-order valence-corrected chi connectivity index (χ0v) is 21.3. The van der Waals surface area contributed by atoms with E-state index in [0.29, 0.717) is 24.4 Å². The SMILES string of the molecule is Cc1cc(CN2CCC(N3C(=O)CC[C@@H]3C(=O)Nc3cccc(-c4nnnn4C)c3)CC2)ccc1Cl. The first-order valence-corrected chi connectivity index (χ1v) is 12.7. The molecule has 0 bridgehead atoms. The quantitative estimate of drug-likeness (QED) is 0.549. The van der Waals surface area contributed by atoms with Gasteiger partial charge in [-0.05, 0) is 65.9 Å². The van der Waals surface area contributed by atoms with Crippen molar-refractivity contribution >= 4 is 29.1 Å². The molecule has 3 aromatic rings. The van der Waals surface area contributed by atoms with Gasteiger partial charge in [0, 0.05) is 55.4 Å². The predicted molar refractivity (Wildman–Crippen MR) is 137 cm³/mol. The van der Waals surface area contributed by atoms with Gasteiger partial charge in [-0.15, -0.1) is 5.10 Å². The number of aryl methyl sites for hydroxylation is 2. The molecule has 36 heavy (non-hydrogen) atoms. The highest BCUT2D eigenvalue weighted by Crippen LogP contribution is 2.29. The lowest BCUT2D eigenvalue weighted by Crippen LogP contribution is -2.51. The number of benzene rings is 2. The van der Waals surface area contributed by atoms with Crippen LogP contribution in [0.1, 0.15) is 36.8 Å². The lowest BCUT2D eigenvalue weighted by molar-refractivity contribution is -0.136. The van der Waals surface area contributed by atoms with Gasteiger partial charge in [-0.3, -0.25) is 14.5 Å². The van der Waals surface area contributed by atoms with Gasteiger partial charge in [0.15, 0.2) is 5.82 Å². The molecule has 10 heteroatoms. The molecule has 2 saturated heterocycles. The number of halogens is 1. The van der Waals surface area contributed by atoms with E-state index in [1.165, 1.54) is 5.56 Å². The molecule has 2 aromatic carbocycles. The van der Waals surface area contributed by atoms with Crippen LogP contribution in [-0.2, 0) is 23.2 Å². The number of hydrogen-bond donors (Lipinski definition) is 1. The monoisotopic (exact) mass is 507 g/mol. The van der Waals surface area contributed by atoms with Gasteiger partial charge in [-0.2, -0.15) is 0 Å². The van der Waals surface area contributed by atoms with Crippen molar-refractivity contribution in [1.82, 2.24) is 30.0 Å². The van der Waals surface area contributed by atoms with Crippen LogP contribution < -0.4 is 5.32 Å². The molecule has 1 N–H and O–H groups in total. The fourth-order valence-corrected chi connectivity index (χ4v) is 5.39. The van der Waals surface area contributed by atoms with Crippen molar-refractivity contribution in [2.24, 2.45) is 7.05 Å². The van der Waals surface area contributed by atoms with Crippen molar-refractivity contribution in [3.8, 4) is 11.4 Å². The van der Waals surface area contributed by atoms with E-state index in [0.717, 1.165) is 48.6 Å². The minimum Gasteiger partial charge on any atom is -0.328 e. The van der Waals surface area contributed by atoms with Gasteiger partial charge in [0.2, 0.25) is 11.8 Å². The van der Waals surface area contributed by atoms with Crippen LogP contribution in [0.2, 0.25) is 5.02 Å². The van der Waals surface area contributed by atoms with Gasteiger partial charge in [-0.25, -0.2) is 4.68 Å². The topological polar surface area (TPSA) is 96.2 Å². The molecule has 0 unspecified atom stereocenters. The lowest BCUT2D eigenvalue weighted by atomic mass is 10.0. The fraction of sp³-hybridized carbons (Fsp3) is 0.423. The zero-order chi connectivity index (χ0) is 25.2. The van der Waals surface area contributed by atoms with Gasteiger partial charge in [-0.1, -0.05) is 35.9 Å². The van der Waals surface area contributed by atoms with E-state index in [1.54, 1.807) is 11.7 Å². The average molecular weight is 508 g/mol. The second-order valence-electron chi connectivity index (χ2n) is 9.64. The first-order valence-electron chi connectivity index (χ1n) is 12.3. The number of nitrogens with zero attached hydrogens (tertiary/aromatic N) is 6. The van der Waals surface area contributed by atoms with Crippen LogP contribution in [0.4, 0.5) is 5.69 Å². The number of carbonyl (C=O) groups excluding carboxylic acids is 2. The van der Waals surface area contributed by atoms with E-state index in [4.69, 9.17) is 11.6 Å². The standard InChI is InChI=1S/C26H30ClN7O2/c1-17-14-18(6-7-22(17)27)16-33-12-10-21(11-13-33)34-23(8-9-24(34)35)26(36)28-20-5-3-4-19(15-20)25-29-30-31-32(25)2/h3-7,14-15,21,23H,8-13,16H2,1-2H3,(H,28,36)/t23-/m1/s1. The van der Waals surface area contributed by atoms with Gasteiger partial charge in [0.25, 0.3) is 0 Å². The first-order chi connectivity index (χ1) is 17.4. The summed E-state index contributed by atoms with van der Waals surface area (Å²) in [6.07, 6.45) is 2.67. The molecular formula is C26H30ClN7O2. The number of rotatable bonds is 6. The van der Waals surface area contributed by atoms with Crippen LogP contribution in [0.5, 0.6) is 0 Å². The van der Waals surface area contributed by atoms with Gasteiger partial charge >= 0.3 is 0 Å². The Morgan fingerprint density at radius 1 is 1.14 bits per heavy atom. The summed E-state index contributed by atoms with van der Waals surface area (Å²) in [7, 11) is 1.77. The van der Waals surface area contributed by atoms with E-state index in [1.807, 2.05) is 42.2 Å². The number of likely N-dealkylation sites (tertiary alicyclic amines) is 2. The molecule has 3 heterocycles. The summed E-state index contributed by atoms with van der Waals surface area (Å²) < 4.78 is 1.58. The molecule has 2 aliphatic heterocycles. The van der Waals surface area contributed by atoms with E-state index < -0.39 is 6.04 Å². The Bertz CT molecular complexity index is 1270. The summed E-state index contributed by atoms with van der Waals surface area (Å²) in [5.41, 5.74) is 3.79. The summed E-state index contributed by atoms with van der Waals surface area (Å²) in [4.78, 5) is 30.3. The third-order valence-corrected chi connectivity index (χ3v) is 7.57. The van der Waals surface area contributed by atoms with Crippen LogP contribution in [0.3, 0.4) is 0 Å². The maximum Gasteiger partial charge on any atom is 0.247 e. The Morgan fingerprint density at radius 2 is 1.94 bits per heavy atom. The molecule has 0 aliphatic carbocycles. The van der Waals surface area contributed by atoms with E-state index in [9.17, 15) is 9.59 Å². The number of hydrogen-bond acceptors (Lipinski definition) is 6. The normalized spacial score (nSPS) is 19.1. The first kappa shape index (κ1) is 24.4. The molecule has 0 spiro atoms. The second kappa shape index (κ2) is 10.4. The summed E-state index contributed by atoms with van der Waals surface area (Å²) in [5.74, 6) is 0.540. The highest BCUT2D eigenvalue weighted by Gasteiger charge is 2.41. The number of carbonyl (C=O) groups is 2. The van der Waals surface area contributed by atoms with Gasteiger partial charge in [0.1, 0.15) is 6.04 Å². The predicted octanol–water partition coefficient (Wildman–Crippen LogP) is 3.43. The van der Waals surface area contributed by atoms with E-state index in [-0.39, 0.29) is 17.9 Å². The van der Waals surface area contributed by atoms with Crippen LogP contribution >= 0.6 is 11.6 Å². The van der Waals surface area contributed by atoms with Crippen LogP contribution in [0.15, 0.2) is 42.5 Å². The third kappa shape index (κ3) is 5.12. The largest absolute Gasteiger partial charge is 0.328 e. The Labute approximate surface area is 215 Å². The fourth-order valence-electron chi connectivity index (χ4n) is 5.27. The van der Waals surface area contributed by atoms with Crippen LogP contribution in [-0.4, -0.2) is 67.0 Å². The number of piperidine rings is 1. The lowest BCUT2D eigenvalue weighted by Gasteiger charge is -2.39. The maximum atomic E-state index is 13.3. The number of anilines is 1. The zero-order valence-electron chi connectivity index (χ0n) is 20.5. The molecule has 1 aromatic heterocycles. The molecule has 0 radical (unpaired) electrons. The number of aromatic nitrogens is 4. The third-order valence-electron chi connectivity index (χ3n) is 7.15. The molecule has 2 aliphatic rings. The second-order valence-corrected chi connectivity index (χ2v) is 10.0. The van der Waals surface area contributed by atoms with E-state index in [2.05, 4.69) is 37.9 Å². The smallest absolute Gasteiger partial charge is 0.247 e. The summed E-state index contributed by atoms with van der Waals surface area (Å²) in [5, 5.41) is 15.4. The van der Waals surface area contributed by atoms with Gasteiger partial charge in [0.05, 0.1) is 0 Å². The van der Waals surface area contributed by atoms with Gasteiger partial charge < -0.3 is 10.2 Å². The van der Waals surface area contributed by atoms with Crippen molar-refractivity contribution in [2.75, 3.05) is 18.4 Å². The van der Waals surface area contributed by atoms with Crippen molar-refractivity contribution < 1.29 is 9.59 Å². The molecule has 1 atom stereocenters. The Morgan fingerprint density at radius 3 is 2.67 bits per heavy atom. The van der Waals surface area contributed by atoms with E-state index >= 15 is 0 Å². The molecular weight excluding hydrogens is 478 g/mol. The highest BCUT2D eigenvalue weighted by molar-refractivity contribution is 6.31. The number of tetrazole rings is 1. The maximum absolute atomic E-state index is 13.3. The van der Waals surface area contributed by atoms with Crippen molar-refractivity contribution in [2.45, 2.75) is 51.2 Å². The average Bonchev–Trinajstić information content (AvgIpc) is 3.47. The summed E-state index contributed by atoms with van der Waals surface area (Å²) in [6.45, 7) is 4.65. The minimum absolute atomic E-state index is 0.0702. The van der Waals surface area contributed by atoms with Crippen LogP contribution in [0.25, 0.3) is 11.4 Å². The Balaban J connectivity index is 1.21. The molecule has 5 rings (SSSR count). The number of nitrogens with one attached hydrogen (secondary N) is 1. The molecule has 2 amide bonds. The van der Waals surface area contributed by atoms with Crippen molar-refractivity contribution in [1.29, 1.82) is 0 Å². The van der Waals surface area contributed by atoms with Crippen molar-refractivity contribution in [3.63, 3.8) is 0 Å².